The molecule has 1 rings (SSSR count). The zero-order valence-electron chi connectivity index (χ0n) is 8.78. The molecule has 2 amide bonds. The van der Waals surface area contributed by atoms with Crippen LogP contribution < -0.4 is 5.32 Å². The summed E-state index contributed by atoms with van der Waals surface area (Å²) in [5.41, 5.74) is 0. The smallest absolute Gasteiger partial charge is 0.317 e. The Morgan fingerprint density at radius 1 is 1.57 bits per heavy atom. The molecule has 1 aliphatic heterocycles. The number of amides is 2. The molecule has 5 heteroatoms. The van der Waals surface area contributed by atoms with E-state index in [1.54, 1.807) is 11.9 Å². The molecule has 0 aromatic carbocycles. The van der Waals surface area contributed by atoms with Crippen molar-refractivity contribution < 1.29 is 14.3 Å². The van der Waals surface area contributed by atoms with E-state index in [2.05, 4.69) is 5.32 Å². The van der Waals surface area contributed by atoms with Gasteiger partial charge < -0.3 is 19.7 Å². The third kappa shape index (κ3) is 3.51. The summed E-state index contributed by atoms with van der Waals surface area (Å²) < 4.78 is 10.7. The van der Waals surface area contributed by atoms with Crippen molar-refractivity contribution >= 4 is 6.03 Å². The zero-order chi connectivity index (χ0) is 10.4. The average Bonchev–Trinajstić information content (AvgIpc) is 2.19. The Balaban J connectivity index is 2.24. The largest absolute Gasteiger partial charge is 0.376 e. The summed E-state index contributed by atoms with van der Waals surface area (Å²) in [7, 11) is 1.75. The third-order valence-corrected chi connectivity index (χ3v) is 2.04. The number of carbonyl (C=O) groups is 1. The van der Waals surface area contributed by atoms with Gasteiger partial charge in [0.1, 0.15) is 0 Å². The first-order chi connectivity index (χ1) is 6.74. The zero-order valence-corrected chi connectivity index (χ0v) is 8.78. The topological polar surface area (TPSA) is 50.8 Å². The Kier molecular flexibility index (Phi) is 4.69. The van der Waals surface area contributed by atoms with E-state index in [-0.39, 0.29) is 12.1 Å². The molecular formula is C9H18N2O3. The fourth-order valence-corrected chi connectivity index (χ4v) is 1.32. The summed E-state index contributed by atoms with van der Waals surface area (Å²) >= 11 is 0. The predicted octanol–water partition coefficient (Wildman–Crippen LogP) is 0.0631. The molecule has 82 valence electrons. The molecule has 0 saturated carbocycles. The van der Waals surface area contributed by atoms with Crippen molar-refractivity contribution in [2.24, 2.45) is 0 Å². The number of nitrogens with zero attached hydrogens (tertiary/aromatic N) is 1. The maximum Gasteiger partial charge on any atom is 0.317 e. The first kappa shape index (κ1) is 11.3. The summed E-state index contributed by atoms with van der Waals surface area (Å²) in [4.78, 5) is 12.9. The minimum absolute atomic E-state index is 0.0105. The van der Waals surface area contributed by atoms with Gasteiger partial charge in [-0.25, -0.2) is 4.79 Å². The van der Waals surface area contributed by atoms with E-state index in [1.807, 2.05) is 6.92 Å². The lowest BCUT2D eigenvalue weighted by molar-refractivity contribution is -0.0928. The van der Waals surface area contributed by atoms with Crippen molar-refractivity contribution in [3.05, 3.63) is 0 Å². The average molecular weight is 202 g/mol. The number of carbonyl (C=O) groups excluding carboxylic acids is 1. The maximum absolute atomic E-state index is 11.3. The van der Waals surface area contributed by atoms with Crippen LogP contribution >= 0.6 is 0 Å². The van der Waals surface area contributed by atoms with E-state index in [0.717, 1.165) is 0 Å². The molecule has 14 heavy (non-hydrogen) atoms. The van der Waals surface area contributed by atoms with Crippen LogP contribution in [0.1, 0.15) is 6.92 Å². The highest BCUT2D eigenvalue weighted by molar-refractivity contribution is 5.73. The Morgan fingerprint density at radius 2 is 2.36 bits per heavy atom. The molecule has 0 aromatic rings. The van der Waals surface area contributed by atoms with E-state index >= 15 is 0 Å². The van der Waals surface area contributed by atoms with E-state index in [1.165, 1.54) is 0 Å². The number of hydrogen-bond donors (Lipinski definition) is 1. The van der Waals surface area contributed by atoms with Crippen molar-refractivity contribution in [2.75, 3.05) is 40.0 Å². The lowest BCUT2D eigenvalue weighted by Gasteiger charge is -2.27. The number of hydrogen-bond acceptors (Lipinski definition) is 3. The van der Waals surface area contributed by atoms with Gasteiger partial charge in [0.15, 0.2) is 0 Å². The van der Waals surface area contributed by atoms with E-state index in [0.29, 0.717) is 32.9 Å². The first-order valence-corrected chi connectivity index (χ1v) is 4.92. The number of urea groups is 1. The van der Waals surface area contributed by atoms with Crippen molar-refractivity contribution in [2.45, 2.75) is 13.0 Å². The van der Waals surface area contributed by atoms with Gasteiger partial charge in [0.05, 0.1) is 32.5 Å². The van der Waals surface area contributed by atoms with Crippen LogP contribution in [0, 0.1) is 0 Å². The van der Waals surface area contributed by atoms with Crippen LogP contribution in [0.3, 0.4) is 0 Å². The van der Waals surface area contributed by atoms with E-state index in [4.69, 9.17) is 9.47 Å². The molecule has 0 aliphatic carbocycles. The second kappa shape index (κ2) is 5.82. The van der Waals surface area contributed by atoms with Crippen LogP contribution in [0.5, 0.6) is 0 Å². The number of nitrogens with one attached hydrogen (secondary N) is 1. The lowest BCUT2D eigenvalue weighted by Crippen LogP contribution is -2.44. The summed E-state index contributed by atoms with van der Waals surface area (Å²) in [6, 6.07) is -0.0679. The molecule has 0 radical (unpaired) electrons. The SMILES string of the molecule is CCNC(=O)N(C)C[C@@H]1COCCO1. The molecule has 1 saturated heterocycles. The Labute approximate surface area is 84.4 Å². The standard InChI is InChI=1S/C9H18N2O3/c1-3-10-9(12)11(2)6-8-7-13-4-5-14-8/h8H,3-7H2,1-2H3,(H,10,12)/t8-/m1/s1. The van der Waals surface area contributed by atoms with Gasteiger partial charge >= 0.3 is 6.03 Å². The molecule has 0 bridgehead atoms. The van der Waals surface area contributed by atoms with Crippen LogP contribution in [0.4, 0.5) is 4.79 Å². The molecule has 1 N–H and O–H groups in total. The fraction of sp³-hybridized carbons (Fsp3) is 0.889. The van der Waals surface area contributed by atoms with E-state index in [9.17, 15) is 4.79 Å². The second-order valence-electron chi connectivity index (χ2n) is 3.28. The second-order valence-corrected chi connectivity index (χ2v) is 3.28. The Bertz CT molecular complexity index is 181. The van der Waals surface area contributed by atoms with E-state index < -0.39 is 0 Å². The van der Waals surface area contributed by atoms with Crippen LogP contribution in [0.2, 0.25) is 0 Å². The predicted molar refractivity (Wildman–Crippen MR) is 52.3 cm³/mol. The monoisotopic (exact) mass is 202 g/mol. The molecule has 0 unspecified atom stereocenters. The van der Waals surface area contributed by atoms with Crippen molar-refractivity contribution in [3.8, 4) is 0 Å². The fourth-order valence-electron chi connectivity index (χ4n) is 1.32. The summed E-state index contributed by atoms with van der Waals surface area (Å²) in [5, 5.41) is 2.73. The van der Waals surface area contributed by atoms with Crippen molar-refractivity contribution in [1.82, 2.24) is 10.2 Å². The van der Waals surface area contributed by atoms with Crippen molar-refractivity contribution in [3.63, 3.8) is 0 Å². The van der Waals surface area contributed by atoms with Crippen LogP contribution in [-0.4, -0.2) is 57.0 Å². The van der Waals surface area contributed by atoms with Crippen LogP contribution in [0.15, 0.2) is 0 Å². The Hall–Kier alpha value is -0.810. The molecule has 0 spiro atoms. The van der Waals surface area contributed by atoms with Gasteiger partial charge in [-0.1, -0.05) is 0 Å². The highest BCUT2D eigenvalue weighted by Gasteiger charge is 2.18. The van der Waals surface area contributed by atoms with Crippen LogP contribution in [0.25, 0.3) is 0 Å². The minimum atomic E-state index is -0.0679. The highest BCUT2D eigenvalue weighted by atomic mass is 16.6. The van der Waals surface area contributed by atoms with Crippen LogP contribution in [-0.2, 0) is 9.47 Å². The molecular weight excluding hydrogens is 184 g/mol. The lowest BCUT2D eigenvalue weighted by atomic mass is 10.3. The van der Waals surface area contributed by atoms with Gasteiger partial charge in [-0.15, -0.1) is 0 Å². The van der Waals surface area contributed by atoms with Gasteiger partial charge in [-0.3, -0.25) is 0 Å². The highest BCUT2D eigenvalue weighted by Crippen LogP contribution is 2.02. The first-order valence-electron chi connectivity index (χ1n) is 4.92. The van der Waals surface area contributed by atoms with Crippen molar-refractivity contribution in [1.29, 1.82) is 0 Å². The summed E-state index contributed by atoms with van der Waals surface area (Å²) in [6.07, 6.45) is 0.0105. The molecule has 1 aliphatic rings. The maximum atomic E-state index is 11.3. The minimum Gasteiger partial charge on any atom is -0.376 e. The van der Waals surface area contributed by atoms with Gasteiger partial charge in [-0.2, -0.15) is 0 Å². The summed E-state index contributed by atoms with van der Waals surface area (Å²) in [6.45, 7) is 4.96. The molecule has 1 atom stereocenters. The third-order valence-electron chi connectivity index (χ3n) is 2.04. The van der Waals surface area contributed by atoms with Gasteiger partial charge in [0.2, 0.25) is 0 Å². The molecule has 1 fully saturated rings. The molecule has 0 aromatic heterocycles. The quantitative estimate of drug-likeness (QED) is 0.704. The van der Waals surface area contributed by atoms with Gasteiger partial charge in [-0.05, 0) is 6.92 Å². The van der Waals surface area contributed by atoms with Gasteiger partial charge in [0, 0.05) is 13.6 Å². The number of ether oxygens (including phenoxy) is 2. The number of likely N-dealkylation sites (N-methyl/N-ethyl adjacent to an activating group) is 1. The number of rotatable bonds is 3. The van der Waals surface area contributed by atoms with Gasteiger partial charge in [0.25, 0.3) is 0 Å². The molecule has 5 nitrogen and oxygen atoms in total. The molecule has 1 heterocycles. The normalized spacial score (nSPS) is 21.7. The summed E-state index contributed by atoms with van der Waals surface area (Å²) in [5.74, 6) is 0. The Morgan fingerprint density at radius 3 is 2.93 bits per heavy atom.